The van der Waals surface area contributed by atoms with Crippen LogP contribution in [0.1, 0.15) is 20.8 Å². The molecule has 1 aromatic carbocycles. The van der Waals surface area contributed by atoms with Gasteiger partial charge < -0.3 is 11.1 Å². The summed E-state index contributed by atoms with van der Waals surface area (Å²) in [5.41, 5.74) is 7.25. The van der Waals surface area contributed by atoms with E-state index < -0.39 is 11.9 Å². The minimum Gasteiger partial charge on any atom is -0.365 e. The highest BCUT2D eigenvalue weighted by molar-refractivity contribution is 7.98. The second-order valence-corrected chi connectivity index (χ2v) is 8.05. The number of carbonyl (C=O) groups is 2. The monoisotopic (exact) mass is 401 g/mol. The highest BCUT2D eigenvalue weighted by Gasteiger charge is 2.25. The molecule has 126 valence electrons. The first-order valence-corrected chi connectivity index (χ1v) is 9.74. The average molecular weight is 402 g/mol. The molecule has 5 nitrogen and oxygen atoms in total. The third-order valence-corrected chi connectivity index (χ3v) is 6.63. The quantitative estimate of drug-likeness (QED) is 0.702. The molecule has 4 N–H and O–H groups in total. The molecular formula is C15H13Cl2N3O2S2. The number of thioether (sulfide) groups is 1. The van der Waals surface area contributed by atoms with Crippen molar-refractivity contribution >= 4 is 68.9 Å². The predicted molar refractivity (Wildman–Crippen MR) is 102 cm³/mol. The van der Waals surface area contributed by atoms with Crippen LogP contribution in [-0.2, 0) is 12.2 Å². The maximum Gasteiger partial charge on any atom is 0.324 e. The van der Waals surface area contributed by atoms with Crippen LogP contribution in [0.2, 0.25) is 10.0 Å². The smallest absolute Gasteiger partial charge is 0.324 e. The van der Waals surface area contributed by atoms with Gasteiger partial charge in [-0.3, -0.25) is 10.1 Å². The number of urea groups is 1. The lowest BCUT2D eigenvalue weighted by molar-refractivity contribution is 0.100. The van der Waals surface area contributed by atoms with Crippen LogP contribution in [0.4, 0.5) is 15.5 Å². The van der Waals surface area contributed by atoms with Gasteiger partial charge in [0.2, 0.25) is 0 Å². The number of rotatable bonds is 3. The molecule has 0 unspecified atom stereocenters. The average Bonchev–Trinajstić information content (AvgIpc) is 2.89. The minimum atomic E-state index is -0.532. The zero-order valence-corrected chi connectivity index (χ0v) is 15.5. The summed E-state index contributed by atoms with van der Waals surface area (Å²) in [6.07, 6.45) is 0.776. The molecule has 0 aliphatic carbocycles. The van der Waals surface area contributed by atoms with Gasteiger partial charge in [0.15, 0.2) is 0 Å². The molecule has 0 atom stereocenters. The molecule has 0 spiro atoms. The van der Waals surface area contributed by atoms with Gasteiger partial charge in [0.25, 0.3) is 5.91 Å². The van der Waals surface area contributed by atoms with Crippen LogP contribution in [0.5, 0.6) is 0 Å². The first kappa shape index (κ1) is 17.4. The fourth-order valence-corrected chi connectivity index (χ4v) is 5.17. The topological polar surface area (TPSA) is 84.2 Å². The van der Waals surface area contributed by atoms with E-state index in [0.717, 1.165) is 28.4 Å². The molecule has 0 radical (unpaired) electrons. The molecule has 24 heavy (non-hydrogen) atoms. The van der Waals surface area contributed by atoms with Gasteiger partial charge in [-0.2, -0.15) is 11.8 Å². The van der Waals surface area contributed by atoms with Crippen LogP contribution in [-0.4, -0.2) is 17.7 Å². The number of hydrogen-bond acceptors (Lipinski definition) is 4. The largest absolute Gasteiger partial charge is 0.365 e. The number of nitrogens with two attached hydrogens (primary N) is 1. The van der Waals surface area contributed by atoms with Crippen molar-refractivity contribution in [3.63, 3.8) is 0 Å². The van der Waals surface area contributed by atoms with Crippen molar-refractivity contribution in [3.05, 3.63) is 44.2 Å². The van der Waals surface area contributed by atoms with Crippen molar-refractivity contribution in [2.24, 2.45) is 5.73 Å². The number of hydrogen-bond donors (Lipinski definition) is 3. The van der Waals surface area contributed by atoms with Gasteiger partial charge in [-0.05, 0) is 29.9 Å². The summed E-state index contributed by atoms with van der Waals surface area (Å²) in [6.45, 7) is 0. The predicted octanol–water partition coefficient (Wildman–Crippen LogP) is 4.59. The van der Waals surface area contributed by atoms with E-state index in [1.54, 1.807) is 30.0 Å². The minimum absolute atomic E-state index is 0.256. The zero-order chi connectivity index (χ0) is 17.3. The van der Waals surface area contributed by atoms with Gasteiger partial charge in [-0.1, -0.05) is 29.3 Å². The molecule has 2 aromatic rings. The SMILES string of the molecule is NC(=O)c1c(NC(=O)Nc2cccc(Cl)c2Cl)sc2c1CCSC2. The number of thiophene rings is 1. The van der Waals surface area contributed by atoms with E-state index in [4.69, 9.17) is 28.9 Å². The third kappa shape index (κ3) is 3.49. The van der Waals surface area contributed by atoms with Gasteiger partial charge in [0.1, 0.15) is 5.00 Å². The van der Waals surface area contributed by atoms with Crippen molar-refractivity contribution in [2.45, 2.75) is 12.2 Å². The lowest BCUT2D eigenvalue weighted by Gasteiger charge is -2.11. The number of benzene rings is 1. The van der Waals surface area contributed by atoms with E-state index in [2.05, 4.69) is 10.6 Å². The van der Waals surface area contributed by atoms with Gasteiger partial charge in [-0.15, -0.1) is 11.3 Å². The van der Waals surface area contributed by atoms with E-state index in [1.807, 2.05) is 0 Å². The maximum atomic E-state index is 12.3. The molecule has 0 saturated heterocycles. The van der Waals surface area contributed by atoms with E-state index in [0.29, 0.717) is 21.3 Å². The fourth-order valence-electron chi connectivity index (χ4n) is 2.44. The Labute approximate surface area is 156 Å². The Morgan fingerprint density at radius 3 is 2.75 bits per heavy atom. The molecule has 0 fully saturated rings. The number of amides is 3. The Hall–Kier alpha value is -1.41. The summed E-state index contributed by atoms with van der Waals surface area (Å²) >= 11 is 15.2. The van der Waals surface area contributed by atoms with Crippen molar-refractivity contribution < 1.29 is 9.59 Å². The summed E-state index contributed by atoms with van der Waals surface area (Å²) in [6, 6.07) is 4.44. The van der Waals surface area contributed by atoms with Crippen LogP contribution < -0.4 is 16.4 Å². The number of carbonyl (C=O) groups excluding carboxylic acids is 2. The van der Waals surface area contributed by atoms with Gasteiger partial charge >= 0.3 is 6.03 Å². The van der Waals surface area contributed by atoms with Crippen LogP contribution >= 0.6 is 46.3 Å². The highest BCUT2D eigenvalue weighted by atomic mass is 35.5. The third-order valence-electron chi connectivity index (χ3n) is 3.49. The summed E-state index contributed by atoms with van der Waals surface area (Å²) in [5.74, 6) is 1.23. The Balaban J connectivity index is 1.83. The van der Waals surface area contributed by atoms with E-state index in [1.165, 1.54) is 11.3 Å². The van der Waals surface area contributed by atoms with Crippen molar-refractivity contribution in [1.82, 2.24) is 0 Å². The van der Waals surface area contributed by atoms with Gasteiger partial charge in [0.05, 0.1) is 21.3 Å². The number of primary amides is 1. The maximum absolute atomic E-state index is 12.3. The van der Waals surface area contributed by atoms with Gasteiger partial charge in [-0.25, -0.2) is 4.79 Å². The van der Waals surface area contributed by atoms with E-state index >= 15 is 0 Å². The number of halogens is 2. The molecule has 1 aliphatic heterocycles. The molecule has 0 saturated carbocycles. The van der Waals surface area contributed by atoms with E-state index in [9.17, 15) is 9.59 Å². The molecule has 2 heterocycles. The Morgan fingerprint density at radius 2 is 2.00 bits per heavy atom. The number of anilines is 2. The van der Waals surface area contributed by atoms with Crippen LogP contribution in [0.25, 0.3) is 0 Å². The molecule has 9 heteroatoms. The van der Waals surface area contributed by atoms with Crippen LogP contribution in [0.3, 0.4) is 0 Å². The molecule has 3 amide bonds. The summed E-state index contributed by atoms with van der Waals surface area (Å²) < 4.78 is 0. The van der Waals surface area contributed by atoms with Crippen molar-refractivity contribution in [2.75, 3.05) is 16.4 Å². The summed E-state index contributed by atoms with van der Waals surface area (Å²) in [5, 5.41) is 6.39. The molecular weight excluding hydrogens is 389 g/mol. The van der Waals surface area contributed by atoms with Gasteiger partial charge in [0, 0.05) is 10.6 Å². The highest BCUT2D eigenvalue weighted by Crippen LogP contribution is 2.39. The molecule has 1 aromatic heterocycles. The normalized spacial score (nSPS) is 13.2. The number of fused-ring (bicyclic) bond motifs is 1. The lowest BCUT2D eigenvalue weighted by Crippen LogP contribution is -2.22. The number of nitrogens with one attached hydrogen (secondary N) is 2. The van der Waals surface area contributed by atoms with Crippen LogP contribution in [0, 0.1) is 0 Å². The first-order chi connectivity index (χ1) is 11.5. The Morgan fingerprint density at radius 1 is 1.21 bits per heavy atom. The second-order valence-electron chi connectivity index (χ2n) is 5.06. The zero-order valence-electron chi connectivity index (χ0n) is 12.3. The molecule has 1 aliphatic rings. The van der Waals surface area contributed by atoms with E-state index in [-0.39, 0.29) is 5.02 Å². The Bertz CT molecular complexity index is 823. The van der Waals surface area contributed by atoms with Crippen molar-refractivity contribution in [3.8, 4) is 0 Å². The van der Waals surface area contributed by atoms with Crippen molar-refractivity contribution in [1.29, 1.82) is 0 Å². The van der Waals surface area contributed by atoms with Crippen LogP contribution in [0.15, 0.2) is 18.2 Å². The first-order valence-electron chi connectivity index (χ1n) is 7.01. The molecule has 0 bridgehead atoms. The summed E-state index contributed by atoms with van der Waals surface area (Å²) in [4.78, 5) is 25.1. The Kier molecular flexibility index (Phi) is 5.24. The second kappa shape index (κ2) is 7.23. The molecule has 3 rings (SSSR count). The fraction of sp³-hybridized carbons (Fsp3) is 0.200. The summed E-state index contributed by atoms with van der Waals surface area (Å²) in [7, 11) is 0. The lowest BCUT2D eigenvalue weighted by atomic mass is 10.1. The standard InChI is InChI=1S/C15H13Cl2N3O2S2/c16-8-2-1-3-9(12(8)17)19-15(22)20-14-11(13(18)21)7-4-5-23-6-10(7)24-14/h1-3H,4-6H2,(H2,18,21)(H2,19,20,22).